The fourth-order valence-electron chi connectivity index (χ4n) is 4.44. The average molecular weight is 565 g/mol. The highest BCUT2D eigenvalue weighted by Crippen LogP contribution is 2.35. The van der Waals surface area contributed by atoms with E-state index in [2.05, 4.69) is 10.3 Å². The Bertz CT molecular complexity index is 1670. The van der Waals surface area contributed by atoms with Gasteiger partial charge in [-0.05, 0) is 42.5 Å². The Balaban J connectivity index is 1.46. The highest BCUT2D eigenvalue weighted by Gasteiger charge is 2.51. The van der Waals surface area contributed by atoms with Gasteiger partial charge >= 0.3 is 17.6 Å². The molecule has 4 atom stereocenters. The molecular weight excluding hydrogens is 540 g/mol. The summed E-state index contributed by atoms with van der Waals surface area (Å²) < 4.78 is 18.6. The van der Waals surface area contributed by atoms with E-state index in [9.17, 15) is 24.4 Å². The molecule has 0 aliphatic carbocycles. The fourth-order valence-corrected chi connectivity index (χ4v) is 4.44. The molecule has 2 heterocycles. The van der Waals surface area contributed by atoms with Crippen LogP contribution in [0.3, 0.4) is 0 Å². The van der Waals surface area contributed by atoms with Gasteiger partial charge in [-0.25, -0.2) is 14.4 Å². The minimum Gasteiger partial charge on any atom is -0.452 e. The number of aromatic nitrogens is 2. The maximum Gasteiger partial charge on any atom is 0.351 e. The number of benzene rings is 3. The summed E-state index contributed by atoms with van der Waals surface area (Å²) in [7, 11) is 0. The average Bonchev–Trinajstić information content (AvgIpc) is 3.34. The summed E-state index contributed by atoms with van der Waals surface area (Å²) >= 11 is 0. The zero-order valence-electron chi connectivity index (χ0n) is 22.0. The Labute approximate surface area is 239 Å². The van der Waals surface area contributed by atoms with Gasteiger partial charge in [0.2, 0.25) is 0 Å². The van der Waals surface area contributed by atoms with E-state index in [1.54, 1.807) is 91.0 Å². The minimum atomic E-state index is -1.33. The number of amides is 1. The van der Waals surface area contributed by atoms with Crippen LogP contribution in [0.5, 0.6) is 0 Å². The molecule has 0 saturated carbocycles. The molecule has 0 spiro atoms. The van der Waals surface area contributed by atoms with Crippen molar-refractivity contribution < 1.29 is 28.6 Å². The van der Waals surface area contributed by atoms with Gasteiger partial charge in [0.15, 0.2) is 18.4 Å². The van der Waals surface area contributed by atoms with Gasteiger partial charge in [0, 0.05) is 11.8 Å². The van der Waals surface area contributed by atoms with E-state index >= 15 is 0 Å². The first kappa shape index (κ1) is 27.9. The summed E-state index contributed by atoms with van der Waals surface area (Å²) in [6.07, 6.45) is -3.81. The molecule has 42 heavy (non-hydrogen) atoms. The van der Waals surface area contributed by atoms with Crippen molar-refractivity contribution in [2.24, 2.45) is 0 Å². The van der Waals surface area contributed by atoms with Gasteiger partial charge in [-0.1, -0.05) is 54.6 Å². The van der Waals surface area contributed by atoms with Gasteiger partial charge in [0.1, 0.15) is 11.9 Å². The zero-order chi connectivity index (χ0) is 29.5. The summed E-state index contributed by atoms with van der Waals surface area (Å²) in [5, 5.41) is 12.0. The molecule has 0 radical (unpaired) electrons. The van der Waals surface area contributed by atoms with E-state index < -0.39 is 48.1 Å². The van der Waals surface area contributed by atoms with E-state index in [-0.39, 0.29) is 23.4 Å². The van der Waals surface area contributed by atoms with Crippen molar-refractivity contribution in [1.82, 2.24) is 9.55 Å². The van der Waals surface area contributed by atoms with Crippen LogP contribution in [0.4, 0.5) is 5.82 Å². The summed E-state index contributed by atoms with van der Waals surface area (Å²) in [5.74, 6) is -1.95. The van der Waals surface area contributed by atoms with Crippen LogP contribution in [0.2, 0.25) is 0 Å². The highest BCUT2D eigenvalue weighted by molar-refractivity contribution is 6.03. The molecular formula is C31H24N4O7. The van der Waals surface area contributed by atoms with Gasteiger partial charge in [0.25, 0.3) is 5.91 Å². The van der Waals surface area contributed by atoms with Crippen molar-refractivity contribution in [3.8, 4) is 6.07 Å². The minimum absolute atomic E-state index is 0.0124. The molecule has 1 aliphatic rings. The van der Waals surface area contributed by atoms with Crippen LogP contribution in [0, 0.1) is 11.3 Å². The third-order valence-electron chi connectivity index (χ3n) is 6.46. The smallest absolute Gasteiger partial charge is 0.351 e. The Hall–Kier alpha value is -5.60. The van der Waals surface area contributed by atoms with Gasteiger partial charge in [-0.3, -0.25) is 9.36 Å². The van der Waals surface area contributed by atoms with Crippen LogP contribution < -0.4 is 11.0 Å². The number of rotatable bonds is 8. The number of carbonyl (C=O) groups excluding carboxylic acids is 3. The fraction of sp³-hybridized carbons (Fsp3) is 0.161. The molecule has 1 N–H and O–H groups in total. The predicted octanol–water partition coefficient (Wildman–Crippen LogP) is 3.76. The Morgan fingerprint density at radius 2 is 1.33 bits per heavy atom. The van der Waals surface area contributed by atoms with E-state index in [0.29, 0.717) is 5.56 Å². The molecule has 1 aromatic heterocycles. The lowest BCUT2D eigenvalue weighted by atomic mass is 10.1. The first-order valence-electron chi connectivity index (χ1n) is 12.9. The Morgan fingerprint density at radius 3 is 1.86 bits per heavy atom. The zero-order valence-corrected chi connectivity index (χ0v) is 22.0. The molecule has 1 fully saturated rings. The molecule has 3 aromatic carbocycles. The number of hydrogen-bond acceptors (Lipinski definition) is 9. The van der Waals surface area contributed by atoms with Gasteiger partial charge in [-0.2, -0.15) is 10.2 Å². The lowest BCUT2D eigenvalue weighted by Gasteiger charge is -2.24. The number of anilines is 1. The number of nitrogens with zero attached hydrogens (tertiary/aromatic N) is 3. The number of nitriles is 1. The van der Waals surface area contributed by atoms with E-state index in [1.807, 2.05) is 6.07 Å². The van der Waals surface area contributed by atoms with E-state index in [1.165, 1.54) is 12.3 Å². The number of ether oxygens (including phenoxy) is 3. The maximum atomic E-state index is 13.2. The van der Waals surface area contributed by atoms with E-state index in [4.69, 9.17) is 14.2 Å². The quantitative estimate of drug-likeness (QED) is 0.316. The number of esters is 2. The predicted molar refractivity (Wildman–Crippen MR) is 148 cm³/mol. The molecule has 5 rings (SSSR count). The third kappa shape index (κ3) is 6.24. The third-order valence-corrected chi connectivity index (χ3v) is 6.46. The normalized spacial score (nSPS) is 19.3. The largest absolute Gasteiger partial charge is 0.452 e. The van der Waals surface area contributed by atoms with Gasteiger partial charge in [0.05, 0.1) is 23.6 Å². The molecule has 0 unspecified atom stereocenters. The molecule has 210 valence electrons. The van der Waals surface area contributed by atoms with Gasteiger partial charge in [-0.15, -0.1) is 0 Å². The van der Waals surface area contributed by atoms with Crippen molar-refractivity contribution in [2.45, 2.75) is 31.0 Å². The monoisotopic (exact) mass is 564 g/mol. The molecule has 1 saturated heterocycles. The van der Waals surface area contributed by atoms with Crippen molar-refractivity contribution >= 4 is 23.7 Å². The standard InChI is InChI=1S/C31H24N4O7/c32-18-16-23-25(41-29(37)21-12-6-2-7-13-21)26(42-30(38)22-14-8-3-9-15-22)28(40-23)35-19-17-24(34-31(35)39)33-27(36)20-10-4-1-5-11-20/h1-15,17,19,23,25-26,28H,16H2,(H,33,34,36,39)/t23-,25-,26-,28-/m1/s1. The van der Waals surface area contributed by atoms with Crippen LogP contribution >= 0.6 is 0 Å². The molecule has 1 aliphatic heterocycles. The van der Waals surface area contributed by atoms with Crippen LogP contribution in [-0.2, 0) is 14.2 Å². The number of carbonyl (C=O) groups is 3. The van der Waals surface area contributed by atoms with Crippen LogP contribution in [0.25, 0.3) is 0 Å². The highest BCUT2D eigenvalue weighted by atomic mass is 16.6. The molecule has 11 heteroatoms. The summed E-state index contributed by atoms with van der Waals surface area (Å²) in [4.78, 5) is 55.7. The second-order valence-corrected chi connectivity index (χ2v) is 9.22. The second-order valence-electron chi connectivity index (χ2n) is 9.22. The Morgan fingerprint density at radius 1 is 0.810 bits per heavy atom. The molecule has 1 amide bonds. The summed E-state index contributed by atoms with van der Waals surface area (Å²) in [6.45, 7) is 0. The van der Waals surface area contributed by atoms with Crippen molar-refractivity contribution in [3.63, 3.8) is 0 Å². The number of hydrogen-bond donors (Lipinski definition) is 1. The van der Waals surface area contributed by atoms with E-state index in [0.717, 1.165) is 4.57 Å². The molecule has 0 bridgehead atoms. The summed E-state index contributed by atoms with van der Waals surface area (Å²) in [6, 6.07) is 28.0. The van der Waals surface area contributed by atoms with Crippen molar-refractivity contribution in [2.75, 3.05) is 5.32 Å². The number of nitrogens with one attached hydrogen (secondary N) is 1. The van der Waals surface area contributed by atoms with Crippen LogP contribution in [0.15, 0.2) is 108 Å². The summed E-state index contributed by atoms with van der Waals surface area (Å²) in [5.41, 5.74) is -0.00465. The lowest BCUT2D eigenvalue weighted by molar-refractivity contribution is -0.0519. The molecule has 4 aromatic rings. The van der Waals surface area contributed by atoms with Crippen molar-refractivity contribution in [3.05, 3.63) is 130 Å². The van der Waals surface area contributed by atoms with Gasteiger partial charge < -0.3 is 19.5 Å². The second kappa shape index (κ2) is 12.7. The maximum absolute atomic E-state index is 13.2. The SMILES string of the molecule is N#CC[C@H]1O[C@@H](n2ccc(NC(=O)c3ccccc3)nc2=O)[C@H](OC(=O)c2ccccc2)[C@@H]1OC(=O)c1ccccc1. The topological polar surface area (TPSA) is 150 Å². The van der Waals surface area contributed by atoms with Crippen LogP contribution in [0.1, 0.15) is 43.7 Å². The van der Waals surface area contributed by atoms with Crippen LogP contribution in [-0.4, -0.2) is 45.7 Å². The Kier molecular flexibility index (Phi) is 8.46. The first-order chi connectivity index (χ1) is 20.4. The molecule has 11 nitrogen and oxygen atoms in total. The first-order valence-corrected chi connectivity index (χ1v) is 12.9. The van der Waals surface area contributed by atoms with Crippen molar-refractivity contribution in [1.29, 1.82) is 5.26 Å². The lowest BCUT2D eigenvalue weighted by Crippen LogP contribution is -2.41.